The van der Waals surface area contributed by atoms with Crippen molar-refractivity contribution in [2.45, 2.75) is 97.0 Å². The van der Waals surface area contributed by atoms with Crippen LogP contribution in [0.1, 0.15) is 112 Å². The molecule has 0 unspecified atom stereocenters. The second kappa shape index (κ2) is 20.1. The zero-order chi connectivity index (χ0) is 56.7. The smallest absolute Gasteiger partial charge is 0.471 e. The van der Waals surface area contributed by atoms with Crippen LogP contribution in [-0.2, 0) is 38.1 Å². The Labute approximate surface area is 449 Å². The molecule has 3 saturated heterocycles. The van der Waals surface area contributed by atoms with Crippen molar-refractivity contribution >= 4 is 66.1 Å². The van der Waals surface area contributed by atoms with Crippen LogP contribution >= 0.6 is 7.82 Å². The molecule has 3 atom stereocenters. The van der Waals surface area contributed by atoms with E-state index in [1.165, 1.54) is 17.5 Å². The molecule has 0 spiro atoms. The molecule has 5 amide bonds. The highest BCUT2D eigenvalue weighted by molar-refractivity contribution is 7.46. The fourth-order valence-corrected chi connectivity index (χ4v) is 12.5. The van der Waals surface area contributed by atoms with Gasteiger partial charge in [-0.25, -0.2) is 19.5 Å². The van der Waals surface area contributed by atoms with E-state index < -0.39 is 57.4 Å². The molecule has 4 N–H and O–H groups in total. The number of methoxy groups -OCH3 is 1. The number of anilines is 5. The van der Waals surface area contributed by atoms with Gasteiger partial charge in [0, 0.05) is 99.2 Å². The average Bonchev–Trinajstić information content (AvgIpc) is 4.14. The largest absolute Gasteiger partial charge is 0.480 e. The van der Waals surface area contributed by atoms with Crippen LogP contribution in [-0.4, -0.2) is 150 Å². The Balaban J connectivity index is 0.728. The number of pyridine rings is 3. The third kappa shape index (κ3) is 9.75. The topological polar surface area (TPSA) is 257 Å². The summed E-state index contributed by atoms with van der Waals surface area (Å²) in [6, 6.07) is 13.2. The lowest BCUT2D eigenvalue weighted by Gasteiger charge is -2.46. The van der Waals surface area contributed by atoms with E-state index in [1.807, 2.05) is 12.1 Å². The van der Waals surface area contributed by atoms with E-state index in [-0.39, 0.29) is 52.9 Å². The number of carbonyl (C=O) groups excluding carboxylic acids is 5. The van der Waals surface area contributed by atoms with E-state index >= 15 is 0 Å². The van der Waals surface area contributed by atoms with Crippen molar-refractivity contribution in [3.05, 3.63) is 101 Å². The van der Waals surface area contributed by atoms with Gasteiger partial charge in [-0.2, -0.15) is 0 Å². The Bertz CT molecular complexity index is 3380. The zero-order valence-electron chi connectivity index (χ0n) is 46.1. The third-order valence-electron chi connectivity index (χ3n) is 15.9. The summed E-state index contributed by atoms with van der Waals surface area (Å²) in [6.45, 7) is 11.9. The van der Waals surface area contributed by atoms with Gasteiger partial charge in [0.2, 0.25) is 11.8 Å². The molecule has 404 valence electrons. The summed E-state index contributed by atoms with van der Waals surface area (Å²) in [7, 11) is -7.84. The van der Waals surface area contributed by atoms with Crippen molar-refractivity contribution in [1.82, 2.24) is 34.2 Å². The van der Waals surface area contributed by atoms with Crippen LogP contribution in [0, 0.1) is 5.41 Å². The first kappa shape index (κ1) is 48.3. The van der Waals surface area contributed by atoms with Gasteiger partial charge >= 0.3 is 7.82 Å². The van der Waals surface area contributed by atoms with Crippen molar-refractivity contribution < 1.29 is 56.8 Å². The number of hydrogen-bond donors (Lipinski definition) is 4. The molecule has 5 aliphatic heterocycles. The van der Waals surface area contributed by atoms with Crippen LogP contribution in [0.15, 0.2) is 67.1 Å². The SMILES string of the molecule is [2H]C([2H])([2H])Oc1ncc(-c2ccnc(N3CCn4c(cc5c4CC(C)(C)C5)C3=O)c2[C@@H](C)O)cc1Nc1ccc(N2CCN(C3CCN(c4ccc5c(c4)C(=O)N([C@H]4CCC(=O)N(COP(=O)(O)O)C4=O)C5=O)CC3)C[C@@H]2C)cn1. The first-order valence-electron chi connectivity index (χ1n) is 27.4. The molecule has 0 saturated carbocycles. The van der Waals surface area contributed by atoms with Gasteiger partial charge in [-0.1, -0.05) is 13.8 Å². The van der Waals surface area contributed by atoms with Gasteiger partial charge in [-0.05, 0) is 111 Å². The van der Waals surface area contributed by atoms with E-state index in [4.69, 9.17) is 23.6 Å². The van der Waals surface area contributed by atoms with Gasteiger partial charge in [0.05, 0.1) is 40.3 Å². The number of piperidine rings is 2. The minimum Gasteiger partial charge on any atom is -0.480 e. The first-order chi connectivity index (χ1) is 37.9. The van der Waals surface area contributed by atoms with Crippen LogP contribution in [0.25, 0.3) is 11.1 Å². The lowest BCUT2D eigenvalue weighted by atomic mass is 9.90. The number of nitrogens with zero attached hydrogens (tertiary/aromatic N) is 10. The molecule has 23 heteroatoms. The molecular formula is C54H62N11O11P. The van der Waals surface area contributed by atoms with E-state index in [1.54, 1.807) is 60.6 Å². The molecule has 22 nitrogen and oxygen atoms in total. The highest BCUT2D eigenvalue weighted by Crippen LogP contribution is 2.43. The Morgan fingerprint density at radius 1 is 0.857 bits per heavy atom. The lowest BCUT2D eigenvalue weighted by molar-refractivity contribution is -0.155. The first-order valence-corrected chi connectivity index (χ1v) is 27.4. The maximum Gasteiger partial charge on any atom is 0.471 e. The molecule has 0 bridgehead atoms. The number of likely N-dealkylation sites (tertiary alicyclic amines) is 1. The monoisotopic (exact) mass is 1070 g/mol. The van der Waals surface area contributed by atoms with Crippen molar-refractivity contribution in [3.63, 3.8) is 0 Å². The van der Waals surface area contributed by atoms with Crippen LogP contribution in [0.5, 0.6) is 5.88 Å². The summed E-state index contributed by atoms with van der Waals surface area (Å²) in [4.78, 5) is 109. The number of carbonyl (C=O) groups is 5. The number of aromatic nitrogens is 4. The number of piperazine rings is 1. The second-order valence-corrected chi connectivity index (χ2v) is 22.8. The quantitative estimate of drug-likeness (QED) is 0.0863. The minimum absolute atomic E-state index is 0.123. The Kier molecular flexibility index (Phi) is 12.6. The molecule has 5 aromatic rings. The highest BCUT2D eigenvalue weighted by Gasteiger charge is 2.48. The number of aliphatic hydroxyl groups excluding tert-OH is 1. The number of fused-ring (bicyclic) bond motifs is 4. The van der Waals surface area contributed by atoms with E-state index in [2.05, 4.69) is 59.8 Å². The van der Waals surface area contributed by atoms with Crippen LogP contribution < -0.4 is 24.8 Å². The van der Waals surface area contributed by atoms with Crippen LogP contribution in [0.4, 0.5) is 28.7 Å². The molecule has 1 aliphatic carbocycles. The number of phosphoric ester groups is 1. The third-order valence-corrected chi connectivity index (χ3v) is 16.4. The number of benzene rings is 1. The molecule has 9 heterocycles. The summed E-state index contributed by atoms with van der Waals surface area (Å²) >= 11 is 0. The van der Waals surface area contributed by atoms with Gasteiger partial charge in [0.15, 0.2) is 0 Å². The van der Waals surface area contributed by atoms with Gasteiger partial charge in [-0.3, -0.25) is 48.1 Å². The fraction of sp³-hybridized carbons (Fsp3) is 0.444. The molecule has 4 aromatic heterocycles. The summed E-state index contributed by atoms with van der Waals surface area (Å²) in [6.07, 6.45) is 6.90. The molecule has 77 heavy (non-hydrogen) atoms. The van der Waals surface area contributed by atoms with Crippen molar-refractivity contribution in [1.29, 1.82) is 0 Å². The average molecular weight is 1080 g/mol. The number of hydrogen-bond acceptors (Lipinski definition) is 16. The van der Waals surface area contributed by atoms with Gasteiger partial charge < -0.3 is 39.3 Å². The van der Waals surface area contributed by atoms with E-state index in [0.717, 1.165) is 61.6 Å². The van der Waals surface area contributed by atoms with E-state index in [0.29, 0.717) is 71.1 Å². The van der Waals surface area contributed by atoms with Gasteiger partial charge in [0.1, 0.15) is 35.8 Å². The number of nitrogens with one attached hydrogen (secondary N) is 1. The molecule has 1 aromatic carbocycles. The standard InChI is InChI=1S/C54H62N11O11P/c1-31-29-60(35-13-16-59(17-14-35)36-6-8-39-40(24-36)51(69)65(50(39)68)42-9-11-46(67)64(52(42)70)30-76-77(72,73)74)18-19-61(31)37-7-10-45(56-28-37)58-41-22-34(27-57-49(41)75-5)38-12-15-55-48(47(38)32(2)66)63-21-20-62-43(53(63)71)23-33-25-54(3,4)26-44(33)62/h6-8,10,12,15,22-24,27-28,31-32,35,42,66H,9,11,13-14,16-21,25-26,29-30H2,1-5H3,(H,56,58)(H2,72,73,74)/t31-,32+,42-/m0/s1/i5D3. The molecule has 3 fully saturated rings. The summed E-state index contributed by atoms with van der Waals surface area (Å²) in [5.74, 6) is -2.71. The zero-order valence-corrected chi connectivity index (χ0v) is 44.0. The predicted molar refractivity (Wildman–Crippen MR) is 283 cm³/mol. The lowest BCUT2D eigenvalue weighted by Crippen LogP contribution is -2.57. The molecule has 6 aliphatic rings. The van der Waals surface area contributed by atoms with Crippen molar-refractivity contribution in [2.75, 3.05) is 73.1 Å². The number of ether oxygens (including phenoxy) is 1. The summed E-state index contributed by atoms with van der Waals surface area (Å²) in [5, 5.41) is 14.6. The van der Waals surface area contributed by atoms with E-state index in [9.17, 15) is 33.6 Å². The van der Waals surface area contributed by atoms with Crippen LogP contribution in [0.3, 0.4) is 0 Å². The number of aliphatic hydroxyl groups is 1. The normalized spacial score (nSPS) is 22.2. The van der Waals surface area contributed by atoms with Crippen LogP contribution in [0.2, 0.25) is 0 Å². The summed E-state index contributed by atoms with van der Waals surface area (Å²) < 4.78 is 46.8. The molecule has 11 rings (SSSR count). The number of rotatable bonds is 13. The van der Waals surface area contributed by atoms with Gasteiger partial charge in [-0.15, -0.1) is 0 Å². The Hall–Kier alpha value is -7.07. The van der Waals surface area contributed by atoms with Gasteiger partial charge in [0.25, 0.3) is 23.6 Å². The number of amides is 5. The maximum atomic E-state index is 14.2. The Morgan fingerprint density at radius 3 is 2.36 bits per heavy atom. The highest BCUT2D eigenvalue weighted by atomic mass is 31.2. The number of imide groups is 2. The van der Waals surface area contributed by atoms with Crippen molar-refractivity contribution in [3.8, 4) is 17.0 Å². The number of phosphoric acid groups is 1. The summed E-state index contributed by atoms with van der Waals surface area (Å²) in [5.41, 5.74) is 6.75. The molecular weight excluding hydrogens is 1010 g/mol. The van der Waals surface area contributed by atoms with Crippen molar-refractivity contribution in [2.24, 2.45) is 5.41 Å². The molecule has 0 radical (unpaired) electrons. The minimum atomic E-state index is -5.02. The predicted octanol–water partition coefficient (Wildman–Crippen LogP) is 5.29. The Morgan fingerprint density at radius 2 is 1.64 bits per heavy atom. The second-order valence-electron chi connectivity index (χ2n) is 21.5. The maximum absolute atomic E-state index is 14.2. The fourth-order valence-electron chi connectivity index (χ4n) is 12.2.